The number of carbonyl (C=O) groups excluding carboxylic acids is 2. The summed E-state index contributed by atoms with van der Waals surface area (Å²) in [6.45, 7) is 0.260. The number of rotatable bonds is 5. The number of sulfone groups is 1. The van der Waals surface area contributed by atoms with Crippen molar-refractivity contribution >= 4 is 21.7 Å². The van der Waals surface area contributed by atoms with Crippen LogP contribution in [0.15, 0.2) is 42.9 Å². The summed E-state index contributed by atoms with van der Waals surface area (Å²) in [7, 11) is -3.08. The van der Waals surface area contributed by atoms with Gasteiger partial charge in [0.1, 0.15) is 0 Å². The number of carbonyl (C=O) groups is 2. The zero-order chi connectivity index (χ0) is 18.6. The zero-order valence-electron chi connectivity index (χ0n) is 13.9. The predicted octanol–water partition coefficient (Wildman–Crippen LogP) is 0.324. The normalized spacial score (nSPS) is 18.2. The molecule has 0 aliphatic carbocycles. The van der Waals surface area contributed by atoms with Gasteiger partial charge in [0.05, 0.1) is 34.9 Å². The Balaban J connectivity index is 1.62. The topological polar surface area (TPSA) is 118 Å². The van der Waals surface area contributed by atoms with Crippen LogP contribution in [0.4, 0.5) is 0 Å². The molecular weight excluding hydrogens is 356 g/mol. The lowest BCUT2D eigenvalue weighted by atomic mass is 10.1. The van der Waals surface area contributed by atoms with E-state index in [9.17, 15) is 18.0 Å². The molecule has 2 aromatic rings. The van der Waals surface area contributed by atoms with Crippen molar-refractivity contribution in [1.82, 2.24) is 20.6 Å². The molecule has 1 aliphatic rings. The summed E-state index contributed by atoms with van der Waals surface area (Å²) in [5.41, 5.74) is 1.16. The van der Waals surface area contributed by atoms with E-state index in [-0.39, 0.29) is 35.1 Å². The van der Waals surface area contributed by atoms with Gasteiger partial charge >= 0.3 is 0 Å². The Hall–Kier alpha value is -2.81. The van der Waals surface area contributed by atoms with Crippen molar-refractivity contribution < 1.29 is 18.0 Å². The van der Waals surface area contributed by atoms with Crippen molar-refractivity contribution in [3.8, 4) is 0 Å². The zero-order valence-corrected chi connectivity index (χ0v) is 14.7. The van der Waals surface area contributed by atoms with Crippen LogP contribution in [0, 0.1) is 0 Å². The molecule has 9 heteroatoms. The highest BCUT2D eigenvalue weighted by Crippen LogP contribution is 2.12. The first kappa shape index (κ1) is 18.0. The number of hydrogen-bond donors (Lipinski definition) is 2. The van der Waals surface area contributed by atoms with Gasteiger partial charge < -0.3 is 10.6 Å². The van der Waals surface area contributed by atoms with Crippen LogP contribution in [-0.4, -0.2) is 47.7 Å². The second-order valence-electron chi connectivity index (χ2n) is 6.04. The van der Waals surface area contributed by atoms with Gasteiger partial charge in [-0.2, -0.15) is 0 Å². The molecule has 3 rings (SSSR count). The van der Waals surface area contributed by atoms with Crippen LogP contribution in [0.25, 0.3) is 0 Å². The molecule has 26 heavy (non-hydrogen) atoms. The Labute approximate surface area is 151 Å². The molecule has 1 aliphatic heterocycles. The van der Waals surface area contributed by atoms with Gasteiger partial charge in [0, 0.05) is 24.6 Å². The molecule has 1 saturated heterocycles. The van der Waals surface area contributed by atoms with Crippen molar-refractivity contribution in [1.29, 1.82) is 0 Å². The molecule has 1 unspecified atom stereocenters. The Kier molecular flexibility index (Phi) is 5.27. The number of hydrogen-bond acceptors (Lipinski definition) is 6. The van der Waals surface area contributed by atoms with Gasteiger partial charge in [0.2, 0.25) is 0 Å². The fourth-order valence-corrected chi connectivity index (χ4v) is 4.31. The van der Waals surface area contributed by atoms with Gasteiger partial charge in [-0.3, -0.25) is 19.6 Å². The van der Waals surface area contributed by atoms with E-state index in [1.165, 1.54) is 18.5 Å². The molecule has 0 saturated carbocycles. The molecular formula is C17H18N4O4S. The van der Waals surface area contributed by atoms with Gasteiger partial charge in [-0.1, -0.05) is 6.07 Å². The van der Waals surface area contributed by atoms with Crippen LogP contribution in [0.1, 0.15) is 32.8 Å². The SMILES string of the molecule is O=C(NCc1ccccn1)c1cncc(C(=O)NC2CCS(=O)(=O)C2)c1. The number of aromatic nitrogens is 2. The highest BCUT2D eigenvalue weighted by Gasteiger charge is 2.29. The monoisotopic (exact) mass is 374 g/mol. The molecule has 1 atom stereocenters. The molecule has 1 fully saturated rings. The van der Waals surface area contributed by atoms with Gasteiger partial charge in [-0.15, -0.1) is 0 Å². The number of amides is 2. The Bertz CT molecular complexity index is 915. The summed E-state index contributed by atoms with van der Waals surface area (Å²) in [5, 5.41) is 5.39. The van der Waals surface area contributed by atoms with Crippen molar-refractivity contribution in [3.63, 3.8) is 0 Å². The van der Waals surface area contributed by atoms with Crippen LogP contribution in [0.3, 0.4) is 0 Å². The Morgan fingerprint density at radius 3 is 2.58 bits per heavy atom. The van der Waals surface area contributed by atoms with Crippen molar-refractivity contribution in [2.75, 3.05) is 11.5 Å². The third-order valence-electron chi connectivity index (χ3n) is 3.99. The Morgan fingerprint density at radius 1 is 1.15 bits per heavy atom. The van der Waals surface area contributed by atoms with Crippen LogP contribution < -0.4 is 10.6 Å². The minimum Gasteiger partial charge on any atom is -0.348 e. The van der Waals surface area contributed by atoms with E-state index in [2.05, 4.69) is 20.6 Å². The molecule has 2 N–H and O–H groups in total. The first-order valence-electron chi connectivity index (χ1n) is 8.07. The quantitative estimate of drug-likeness (QED) is 0.778. The van der Waals surface area contributed by atoms with Gasteiger partial charge in [0.25, 0.3) is 11.8 Å². The minimum atomic E-state index is -3.08. The Morgan fingerprint density at radius 2 is 1.92 bits per heavy atom. The predicted molar refractivity (Wildman–Crippen MR) is 94.2 cm³/mol. The molecule has 3 heterocycles. The molecule has 8 nitrogen and oxygen atoms in total. The molecule has 0 spiro atoms. The largest absolute Gasteiger partial charge is 0.348 e. The third-order valence-corrected chi connectivity index (χ3v) is 5.75. The van der Waals surface area contributed by atoms with Crippen molar-refractivity contribution in [2.45, 2.75) is 19.0 Å². The maximum atomic E-state index is 12.3. The van der Waals surface area contributed by atoms with Crippen LogP contribution >= 0.6 is 0 Å². The lowest BCUT2D eigenvalue weighted by Gasteiger charge is -2.11. The average Bonchev–Trinajstić information content (AvgIpc) is 2.99. The summed E-state index contributed by atoms with van der Waals surface area (Å²) in [6, 6.07) is 6.42. The van der Waals surface area contributed by atoms with Crippen molar-refractivity contribution in [3.05, 3.63) is 59.7 Å². The van der Waals surface area contributed by atoms with Gasteiger partial charge in [-0.25, -0.2) is 8.42 Å². The van der Waals surface area contributed by atoms with Crippen molar-refractivity contribution in [2.24, 2.45) is 0 Å². The number of nitrogens with zero attached hydrogens (tertiary/aromatic N) is 2. The fraction of sp³-hybridized carbons (Fsp3) is 0.294. The first-order valence-corrected chi connectivity index (χ1v) is 9.89. The second-order valence-corrected chi connectivity index (χ2v) is 8.27. The lowest BCUT2D eigenvalue weighted by molar-refractivity contribution is 0.0940. The molecule has 0 radical (unpaired) electrons. The van der Waals surface area contributed by atoms with Crippen LogP contribution in [0.5, 0.6) is 0 Å². The van der Waals surface area contributed by atoms with Gasteiger partial charge in [0.15, 0.2) is 9.84 Å². The van der Waals surface area contributed by atoms with E-state index < -0.39 is 21.8 Å². The van der Waals surface area contributed by atoms with E-state index in [4.69, 9.17) is 0 Å². The molecule has 0 aromatic carbocycles. The first-order chi connectivity index (χ1) is 12.4. The third kappa shape index (κ3) is 4.63. The summed E-state index contributed by atoms with van der Waals surface area (Å²) in [4.78, 5) is 32.6. The molecule has 2 aromatic heterocycles. The summed E-state index contributed by atoms with van der Waals surface area (Å²) in [5.74, 6) is -0.803. The standard InChI is InChI=1S/C17H18N4O4S/c22-16(20-10-14-3-1-2-5-19-14)12-7-13(9-18-8-12)17(23)21-15-4-6-26(24,25)11-15/h1-3,5,7-9,15H,4,6,10-11H2,(H,20,22)(H,21,23). The summed E-state index contributed by atoms with van der Waals surface area (Å²) >= 11 is 0. The average molecular weight is 374 g/mol. The van der Waals surface area contributed by atoms with E-state index in [1.807, 2.05) is 6.07 Å². The number of nitrogens with one attached hydrogen (secondary N) is 2. The molecule has 2 amide bonds. The minimum absolute atomic E-state index is 0.0591. The van der Waals surface area contributed by atoms with Gasteiger partial charge in [-0.05, 0) is 24.6 Å². The van der Waals surface area contributed by atoms with Crippen LogP contribution in [-0.2, 0) is 16.4 Å². The fourth-order valence-electron chi connectivity index (χ4n) is 2.64. The van der Waals surface area contributed by atoms with E-state index in [1.54, 1.807) is 18.3 Å². The molecule has 0 bridgehead atoms. The molecule has 136 valence electrons. The van der Waals surface area contributed by atoms with E-state index in [0.29, 0.717) is 12.1 Å². The lowest BCUT2D eigenvalue weighted by Crippen LogP contribution is -2.35. The highest BCUT2D eigenvalue weighted by atomic mass is 32.2. The summed E-state index contributed by atoms with van der Waals surface area (Å²) < 4.78 is 22.9. The maximum Gasteiger partial charge on any atom is 0.253 e. The van der Waals surface area contributed by atoms with E-state index >= 15 is 0 Å². The smallest absolute Gasteiger partial charge is 0.253 e. The van der Waals surface area contributed by atoms with E-state index in [0.717, 1.165) is 0 Å². The maximum absolute atomic E-state index is 12.3. The summed E-state index contributed by atoms with van der Waals surface area (Å²) in [6.07, 6.45) is 4.74. The second kappa shape index (κ2) is 7.61. The number of pyridine rings is 2. The van der Waals surface area contributed by atoms with Crippen LogP contribution in [0.2, 0.25) is 0 Å². The highest BCUT2D eigenvalue weighted by molar-refractivity contribution is 7.91.